The molecule has 5 nitrogen and oxygen atoms in total. The van der Waals surface area contributed by atoms with Crippen molar-refractivity contribution in [1.82, 2.24) is 0 Å². The van der Waals surface area contributed by atoms with Crippen LogP contribution in [0.2, 0.25) is 0 Å². The van der Waals surface area contributed by atoms with Gasteiger partial charge in [0.1, 0.15) is 0 Å². The lowest BCUT2D eigenvalue weighted by atomic mass is 9.72. The Balaban J connectivity index is 2.03. The molecule has 138 valence electrons. The Bertz CT molecular complexity index is 1050. The Kier molecular flexibility index (Phi) is 4.15. The minimum absolute atomic E-state index is 0.109. The molecule has 0 spiro atoms. The van der Waals surface area contributed by atoms with Crippen LogP contribution in [0.1, 0.15) is 43.3 Å². The molecule has 0 fully saturated rings. The Morgan fingerprint density at radius 2 is 1.21 bits per heavy atom. The van der Waals surface area contributed by atoms with Gasteiger partial charge >= 0.3 is 5.54 Å². The van der Waals surface area contributed by atoms with Crippen LogP contribution in [-0.4, -0.2) is 22.0 Å². The highest BCUT2D eigenvalue weighted by Gasteiger charge is 2.68. The molecule has 1 aliphatic carbocycles. The van der Waals surface area contributed by atoms with Crippen LogP contribution >= 0.6 is 0 Å². The van der Waals surface area contributed by atoms with Gasteiger partial charge in [-0.05, 0) is 18.1 Å². The third-order valence-corrected chi connectivity index (χ3v) is 5.36. The van der Waals surface area contributed by atoms with Crippen LogP contribution < -0.4 is 0 Å². The molecule has 3 aromatic rings. The number of hydrogen-bond acceptors (Lipinski definition) is 4. The maximum absolute atomic E-state index is 13.4. The standard InChI is InChI=1S/C23H17NO4/c1-15-11-13-17(14-12-15)20(16-7-3-2-4-8-16)23(24(27)28)21(25)18-9-5-6-10-19(18)22(23)26/h2-14,20H,1H3/t20-/m0/s1. The first-order valence-corrected chi connectivity index (χ1v) is 8.92. The maximum Gasteiger partial charge on any atom is 0.355 e. The van der Waals surface area contributed by atoms with Gasteiger partial charge in [0.05, 0.1) is 5.92 Å². The van der Waals surface area contributed by atoms with Crippen LogP contribution in [0, 0.1) is 17.0 Å². The van der Waals surface area contributed by atoms with E-state index in [4.69, 9.17) is 0 Å². The van der Waals surface area contributed by atoms with Crippen LogP contribution in [0.25, 0.3) is 0 Å². The molecule has 28 heavy (non-hydrogen) atoms. The molecule has 0 saturated heterocycles. The van der Waals surface area contributed by atoms with Crippen LogP contribution in [0.4, 0.5) is 0 Å². The molecule has 0 bridgehead atoms. The number of benzene rings is 3. The Morgan fingerprint density at radius 3 is 1.71 bits per heavy atom. The first-order chi connectivity index (χ1) is 13.5. The third kappa shape index (κ3) is 2.40. The van der Waals surface area contributed by atoms with Gasteiger partial charge in [-0.25, -0.2) is 0 Å². The van der Waals surface area contributed by atoms with Gasteiger partial charge in [0, 0.05) is 16.1 Å². The summed E-state index contributed by atoms with van der Waals surface area (Å²) < 4.78 is 0. The summed E-state index contributed by atoms with van der Waals surface area (Å²) in [6.07, 6.45) is 0. The number of nitro groups is 1. The van der Waals surface area contributed by atoms with Crippen molar-refractivity contribution >= 4 is 11.6 Å². The van der Waals surface area contributed by atoms with E-state index in [0.717, 1.165) is 5.56 Å². The fourth-order valence-corrected chi connectivity index (χ4v) is 4.01. The maximum atomic E-state index is 13.4. The van der Waals surface area contributed by atoms with E-state index in [-0.39, 0.29) is 11.1 Å². The average molecular weight is 371 g/mol. The summed E-state index contributed by atoms with van der Waals surface area (Å²) in [6, 6.07) is 22.1. The molecule has 0 heterocycles. The van der Waals surface area contributed by atoms with E-state index in [1.54, 1.807) is 54.6 Å². The number of ketones is 2. The van der Waals surface area contributed by atoms with E-state index in [0.29, 0.717) is 11.1 Å². The third-order valence-electron chi connectivity index (χ3n) is 5.36. The smallest absolute Gasteiger partial charge is 0.285 e. The van der Waals surface area contributed by atoms with E-state index in [1.165, 1.54) is 12.1 Å². The fraction of sp³-hybridized carbons (Fsp3) is 0.130. The number of carbonyl (C=O) groups excluding carboxylic acids is 2. The van der Waals surface area contributed by atoms with Gasteiger partial charge in [0.2, 0.25) is 11.6 Å². The number of rotatable bonds is 4. The number of aryl methyl sites for hydroxylation is 1. The predicted molar refractivity (Wildman–Crippen MR) is 104 cm³/mol. The number of hydrogen-bond donors (Lipinski definition) is 0. The Morgan fingerprint density at radius 1 is 0.750 bits per heavy atom. The summed E-state index contributed by atoms with van der Waals surface area (Å²) in [4.78, 5) is 38.5. The highest BCUT2D eigenvalue weighted by Crippen LogP contribution is 2.45. The molecular formula is C23H17NO4. The zero-order chi connectivity index (χ0) is 19.9. The summed E-state index contributed by atoms with van der Waals surface area (Å²) in [6.45, 7) is 1.91. The van der Waals surface area contributed by atoms with E-state index in [1.807, 2.05) is 19.1 Å². The summed E-state index contributed by atoms with van der Waals surface area (Å²) in [5, 5.41) is 12.4. The second-order valence-electron chi connectivity index (χ2n) is 6.98. The van der Waals surface area contributed by atoms with E-state index in [9.17, 15) is 19.7 Å². The van der Waals surface area contributed by atoms with Crippen molar-refractivity contribution in [3.8, 4) is 0 Å². The van der Waals surface area contributed by atoms with Crippen LogP contribution in [-0.2, 0) is 0 Å². The molecule has 1 atom stereocenters. The zero-order valence-electron chi connectivity index (χ0n) is 15.2. The first kappa shape index (κ1) is 17.8. The quantitative estimate of drug-likeness (QED) is 0.391. The zero-order valence-corrected chi connectivity index (χ0v) is 15.2. The van der Waals surface area contributed by atoms with Gasteiger partial charge in [-0.2, -0.15) is 0 Å². The molecule has 0 unspecified atom stereocenters. The van der Waals surface area contributed by atoms with Crippen molar-refractivity contribution in [2.75, 3.05) is 0 Å². The Hall–Kier alpha value is -3.60. The van der Waals surface area contributed by atoms with E-state index >= 15 is 0 Å². The molecule has 0 radical (unpaired) electrons. The molecule has 0 N–H and O–H groups in total. The minimum atomic E-state index is -2.42. The van der Waals surface area contributed by atoms with Gasteiger partial charge < -0.3 is 0 Å². The highest BCUT2D eigenvalue weighted by atomic mass is 16.6. The molecule has 0 aliphatic heterocycles. The first-order valence-electron chi connectivity index (χ1n) is 8.92. The number of Topliss-reactive ketones (excluding diaryl/α,β-unsaturated/α-hetero) is 2. The molecule has 5 heteroatoms. The number of nitrogens with zero attached hydrogens (tertiary/aromatic N) is 1. The summed E-state index contributed by atoms with van der Waals surface area (Å²) >= 11 is 0. The van der Waals surface area contributed by atoms with Gasteiger partial charge in [0.25, 0.3) is 0 Å². The lowest BCUT2D eigenvalue weighted by Crippen LogP contribution is -2.54. The summed E-state index contributed by atoms with van der Waals surface area (Å²) in [5.41, 5.74) is -0.103. The lowest BCUT2D eigenvalue weighted by molar-refractivity contribution is -0.532. The molecule has 0 saturated carbocycles. The molecule has 0 aromatic heterocycles. The Labute approximate surface area is 161 Å². The second kappa shape index (κ2) is 6.53. The molecular weight excluding hydrogens is 354 g/mol. The van der Waals surface area contributed by atoms with Gasteiger partial charge in [0.15, 0.2) is 0 Å². The lowest BCUT2D eigenvalue weighted by Gasteiger charge is -2.28. The van der Waals surface area contributed by atoms with Crippen LogP contribution in [0.5, 0.6) is 0 Å². The van der Waals surface area contributed by atoms with Gasteiger partial charge in [-0.1, -0.05) is 84.4 Å². The fourth-order valence-electron chi connectivity index (χ4n) is 4.01. The summed E-state index contributed by atoms with van der Waals surface area (Å²) in [7, 11) is 0. The van der Waals surface area contributed by atoms with Crippen LogP contribution in [0.3, 0.4) is 0 Å². The largest absolute Gasteiger partial charge is 0.355 e. The van der Waals surface area contributed by atoms with Crippen molar-refractivity contribution in [2.24, 2.45) is 0 Å². The van der Waals surface area contributed by atoms with E-state index < -0.39 is 27.9 Å². The number of carbonyl (C=O) groups is 2. The van der Waals surface area contributed by atoms with Crippen molar-refractivity contribution < 1.29 is 14.5 Å². The molecule has 3 aromatic carbocycles. The number of fused-ring (bicyclic) bond motifs is 1. The molecule has 1 aliphatic rings. The van der Waals surface area contributed by atoms with Crippen LogP contribution in [0.15, 0.2) is 78.9 Å². The van der Waals surface area contributed by atoms with Gasteiger partial charge in [-0.3, -0.25) is 19.7 Å². The monoisotopic (exact) mass is 371 g/mol. The second-order valence-corrected chi connectivity index (χ2v) is 6.98. The van der Waals surface area contributed by atoms with Crippen molar-refractivity contribution in [1.29, 1.82) is 0 Å². The topological polar surface area (TPSA) is 77.3 Å². The van der Waals surface area contributed by atoms with Gasteiger partial charge in [-0.15, -0.1) is 0 Å². The van der Waals surface area contributed by atoms with Crippen molar-refractivity contribution in [3.05, 3.63) is 117 Å². The summed E-state index contributed by atoms with van der Waals surface area (Å²) in [5.74, 6) is -2.54. The average Bonchev–Trinajstić information content (AvgIpc) is 2.94. The van der Waals surface area contributed by atoms with Crippen molar-refractivity contribution in [2.45, 2.75) is 18.4 Å². The van der Waals surface area contributed by atoms with E-state index in [2.05, 4.69) is 0 Å². The minimum Gasteiger partial charge on any atom is -0.285 e. The molecule has 0 amide bonds. The highest BCUT2D eigenvalue weighted by molar-refractivity contribution is 6.32. The predicted octanol–water partition coefficient (Wildman–Crippen LogP) is 4.22. The SMILES string of the molecule is Cc1ccc([C@H](c2ccccc2)C2([N+](=O)[O-])C(=O)c3ccccc3C2=O)cc1. The normalized spacial score (nSPS) is 15.9. The van der Waals surface area contributed by atoms with Crippen molar-refractivity contribution in [3.63, 3.8) is 0 Å². The molecule has 4 rings (SSSR count).